The lowest BCUT2D eigenvalue weighted by atomic mass is 9.92. The van der Waals surface area contributed by atoms with Crippen LogP contribution < -0.4 is 4.90 Å². The number of rotatable bonds is 6. The van der Waals surface area contributed by atoms with Crippen LogP contribution in [0.5, 0.6) is 0 Å². The van der Waals surface area contributed by atoms with Crippen molar-refractivity contribution in [1.29, 1.82) is 5.26 Å². The minimum atomic E-state index is -0.335. The molecule has 8 heteroatoms. The number of methoxy groups -OCH3 is 1. The lowest BCUT2D eigenvalue weighted by Crippen LogP contribution is -2.56. The number of hydrogen-bond donors (Lipinski definition) is 0. The SMILES string of the molecule is C#CC(=O)N1CCc2c(C3CC3)nc(N3CCN(C(=O)CCOC)C(C4CC4)C3)c(C#N)c2C1. The highest BCUT2D eigenvalue weighted by atomic mass is 16.5. The number of nitrogens with zero attached hydrogens (tertiary/aromatic N) is 5. The molecular weight excluding hydrogens is 430 g/mol. The van der Waals surface area contributed by atoms with E-state index in [9.17, 15) is 14.9 Å². The second-order valence-electron chi connectivity index (χ2n) is 9.84. The number of amides is 2. The summed E-state index contributed by atoms with van der Waals surface area (Å²) >= 11 is 0. The van der Waals surface area contributed by atoms with E-state index in [2.05, 4.69) is 16.9 Å². The molecule has 1 atom stereocenters. The van der Waals surface area contributed by atoms with Crippen LogP contribution in [0.15, 0.2) is 0 Å². The number of hydrogen-bond acceptors (Lipinski definition) is 6. The molecule has 4 aliphatic rings. The number of carbonyl (C=O) groups is 2. The molecule has 8 nitrogen and oxygen atoms in total. The lowest BCUT2D eigenvalue weighted by molar-refractivity contribution is -0.135. The predicted octanol–water partition coefficient (Wildman–Crippen LogP) is 1.81. The highest BCUT2D eigenvalue weighted by molar-refractivity contribution is 5.93. The number of anilines is 1. The van der Waals surface area contributed by atoms with Gasteiger partial charge in [-0.15, -0.1) is 6.42 Å². The van der Waals surface area contributed by atoms with Crippen molar-refractivity contribution in [1.82, 2.24) is 14.8 Å². The van der Waals surface area contributed by atoms with Crippen LogP contribution in [0.1, 0.15) is 60.4 Å². The first kappa shape index (κ1) is 22.7. The molecule has 3 fully saturated rings. The topological polar surface area (TPSA) is 89.8 Å². The van der Waals surface area contributed by atoms with Gasteiger partial charge in [0, 0.05) is 51.4 Å². The minimum absolute atomic E-state index is 0.131. The predicted molar refractivity (Wildman–Crippen MR) is 126 cm³/mol. The summed E-state index contributed by atoms with van der Waals surface area (Å²) in [6, 6.07) is 2.55. The van der Waals surface area contributed by atoms with E-state index < -0.39 is 0 Å². The second kappa shape index (κ2) is 9.27. The summed E-state index contributed by atoms with van der Waals surface area (Å²) in [6.45, 7) is 3.29. The molecule has 1 aromatic rings. The van der Waals surface area contributed by atoms with Gasteiger partial charge in [-0.25, -0.2) is 4.98 Å². The van der Waals surface area contributed by atoms with Gasteiger partial charge in [-0.05, 0) is 55.1 Å². The monoisotopic (exact) mass is 461 g/mol. The van der Waals surface area contributed by atoms with E-state index in [1.165, 1.54) is 0 Å². The van der Waals surface area contributed by atoms with Gasteiger partial charge in [0.05, 0.1) is 24.6 Å². The Morgan fingerprint density at radius 3 is 2.62 bits per heavy atom. The molecule has 0 spiro atoms. The van der Waals surface area contributed by atoms with Crippen molar-refractivity contribution >= 4 is 17.6 Å². The Kier molecular flexibility index (Phi) is 6.18. The van der Waals surface area contributed by atoms with Crippen molar-refractivity contribution in [3.63, 3.8) is 0 Å². The molecule has 2 amide bonds. The fourth-order valence-corrected chi connectivity index (χ4v) is 5.48. The molecule has 0 N–H and O–H groups in total. The van der Waals surface area contributed by atoms with Crippen LogP contribution in [-0.4, -0.2) is 72.5 Å². The van der Waals surface area contributed by atoms with Gasteiger partial charge in [0.15, 0.2) is 0 Å². The summed E-state index contributed by atoms with van der Waals surface area (Å²) in [5, 5.41) is 10.2. The molecule has 1 aromatic heterocycles. The highest BCUT2D eigenvalue weighted by Gasteiger charge is 2.42. The summed E-state index contributed by atoms with van der Waals surface area (Å²) in [4.78, 5) is 36.1. The Bertz CT molecular complexity index is 1080. The van der Waals surface area contributed by atoms with Crippen LogP contribution in [0.3, 0.4) is 0 Å². The zero-order valence-corrected chi connectivity index (χ0v) is 19.8. The molecule has 1 unspecified atom stereocenters. The number of carbonyl (C=O) groups excluding carboxylic acids is 2. The van der Waals surface area contributed by atoms with Crippen LogP contribution in [0.2, 0.25) is 0 Å². The molecular formula is C26H31N5O3. The largest absolute Gasteiger partial charge is 0.384 e. The first-order chi connectivity index (χ1) is 16.5. The van der Waals surface area contributed by atoms with Crippen LogP contribution in [0, 0.1) is 29.6 Å². The summed E-state index contributed by atoms with van der Waals surface area (Å²) in [5.41, 5.74) is 3.70. The molecule has 2 aliphatic carbocycles. The maximum Gasteiger partial charge on any atom is 0.298 e. The van der Waals surface area contributed by atoms with Crippen molar-refractivity contribution < 1.29 is 14.3 Å². The Hall–Kier alpha value is -3.10. The summed E-state index contributed by atoms with van der Waals surface area (Å²) in [5.74, 6) is 3.68. The Morgan fingerprint density at radius 1 is 1.18 bits per heavy atom. The molecule has 2 aliphatic heterocycles. The fraction of sp³-hybridized carbons (Fsp3) is 0.615. The summed E-state index contributed by atoms with van der Waals surface area (Å²) < 4.78 is 5.12. The molecule has 34 heavy (non-hydrogen) atoms. The molecule has 2 saturated carbocycles. The molecule has 0 radical (unpaired) electrons. The van der Waals surface area contributed by atoms with Crippen molar-refractivity contribution in [2.45, 2.75) is 57.0 Å². The number of ether oxygens (including phenoxy) is 1. The van der Waals surface area contributed by atoms with E-state index in [0.29, 0.717) is 75.4 Å². The molecule has 1 saturated heterocycles. The molecule has 3 heterocycles. The van der Waals surface area contributed by atoms with Gasteiger partial charge < -0.3 is 19.4 Å². The maximum atomic E-state index is 12.8. The van der Waals surface area contributed by atoms with Crippen LogP contribution in [0.25, 0.3) is 0 Å². The molecule has 0 bridgehead atoms. The van der Waals surface area contributed by atoms with E-state index in [0.717, 1.165) is 42.5 Å². The molecule has 0 aromatic carbocycles. The highest BCUT2D eigenvalue weighted by Crippen LogP contribution is 2.45. The van der Waals surface area contributed by atoms with Gasteiger partial charge in [0.2, 0.25) is 5.91 Å². The normalized spacial score (nSPS) is 22.1. The van der Waals surface area contributed by atoms with Crippen molar-refractivity contribution in [2.24, 2.45) is 5.92 Å². The van der Waals surface area contributed by atoms with Crippen LogP contribution in [-0.2, 0) is 27.3 Å². The Morgan fingerprint density at radius 2 is 1.97 bits per heavy atom. The fourth-order valence-electron chi connectivity index (χ4n) is 5.48. The summed E-state index contributed by atoms with van der Waals surface area (Å²) in [6.07, 6.45) is 10.9. The van der Waals surface area contributed by atoms with E-state index in [1.807, 2.05) is 4.90 Å². The van der Waals surface area contributed by atoms with Gasteiger partial charge >= 0.3 is 0 Å². The molecule has 178 valence electrons. The first-order valence-electron chi connectivity index (χ1n) is 12.3. The standard InChI is InChI=1S/C26H31N5O3/c1-3-23(32)29-10-8-19-21(15-29)20(14-27)26(28-25(19)18-6-7-18)30-11-12-31(24(33)9-13-34-2)22(16-30)17-4-5-17/h1,17-18,22H,4-13,15-16H2,2H3. The van der Waals surface area contributed by atoms with Crippen molar-refractivity contribution in [2.75, 3.05) is 44.8 Å². The van der Waals surface area contributed by atoms with Gasteiger partial charge in [0.1, 0.15) is 11.9 Å². The molecule has 5 rings (SSSR count). The van der Waals surface area contributed by atoms with Crippen molar-refractivity contribution in [3.05, 3.63) is 22.4 Å². The van der Waals surface area contributed by atoms with Gasteiger partial charge in [-0.2, -0.15) is 5.26 Å². The van der Waals surface area contributed by atoms with E-state index in [1.54, 1.807) is 12.0 Å². The summed E-state index contributed by atoms with van der Waals surface area (Å²) in [7, 11) is 1.62. The van der Waals surface area contributed by atoms with E-state index in [4.69, 9.17) is 16.1 Å². The van der Waals surface area contributed by atoms with Crippen LogP contribution >= 0.6 is 0 Å². The van der Waals surface area contributed by atoms with Gasteiger partial charge in [-0.3, -0.25) is 9.59 Å². The number of pyridine rings is 1. The zero-order valence-electron chi connectivity index (χ0n) is 19.8. The quantitative estimate of drug-likeness (QED) is 0.601. The van der Waals surface area contributed by atoms with E-state index >= 15 is 0 Å². The third-order valence-corrected chi connectivity index (χ3v) is 7.62. The maximum absolute atomic E-state index is 12.8. The Labute approximate surface area is 200 Å². The number of aromatic nitrogens is 1. The number of fused-ring (bicyclic) bond motifs is 1. The second-order valence-corrected chi connectivity index (χ2v) is 9.84. The lowest BCUT2D eigenvalue weighted by Gasteiger charge is -2.43. The van der Waals surface area contributed by atoms with Crippen molar-refractivity contribution in [3.8, 4) is 18.4 Å². The number of terminal acetylenes is 1. The first-order valence-corrected chi connectivity index (χ1v) is 12.3. The number of piperazine rings is 1. The van der Waals surface area contributed by atoms with Crippen LogP contribution in [0.4, 0.5) is 5.82 Å². The number of nitriles is 1. The van der Waals surface area contributed by atoms with E-state index in [-0.39, 0.29) is 17.9 Å². The minimum Gasteiger partial charge on any atom is -0.384 e. The van der Waals surface area contributed by atoms with Gasteiger partial charge in [0.25, 0.3) is 5.91 Å². The Balaban J connectivity index is 1.47. The smallest absolute Gasteiger partial charge is 0.298 e. The third kappa shape index (κ3) is 4.23. The zero-order chi connectivity index (χ0) is 23.8. The third-order valence-electron chi connectivity index (χ3n) is 7.62. The average molecular weight is 462 g/mol. The average Bonchev–Trinajstić information content (AvgIpc) is 3.78. The van der Waals surface area contributed by atoms with Gasteiger partial charge in [-0.1, -0.05) is 0 Å².